The first-order valence-electron chi connectivity index (χ1n) is 4.73. The van der Waals surface area contributed by atoms with Crippen LogP contribution in [0.15, 0.2) is 32.5 Å². The Balaban J connectivity index is 2.33. The van der Waals surface area contributed by atoms with E-state index in [4.69, 9.17) is 0 Å². The molecule has 0 aliphatic rings. The number of thiazole rings is 1. The number of hydrogen-bond acceptors (Lipinski definition) is 5. The number of pyridine rings is 1. The van der Waals surface area contributed by atoms with Gasteiger partial charge >= 0.3 is 0 Å². The van der Waals surface area contributed by atoms with Crippen LogP contribution in [0.3, 0.4) is 0 Å². The minimum atomic E-state index is -3.40. The number of sulfone groups is 1. The van der Waals surface area contributed by atoms with Gasteiger partial charge in [0, 0.05) is 21.7 Å². The standard InChI is InChI=1S/C10H9BrN2O2S2/c1-7-5-16-10(13-7)17(14,15)6-9-8(11)3-2-4-12-9/h2-5H,6H2,1H3. The van der Waals surface area contributed by atoms with E-state index in [1.165, 1.54) is 0 Å². The molecule has 0 aliphatic carbocycles. The summed E-state index contributed by atoms with van der Waals surface area (Å²) in [5.74, 6) is -0.138. The fourth-order valence-corrected chi connectivity index (χ4v) is 4.25. The molecule has 90 valence electrons. The van der Waals surface area contributed by atoms with Gasteiger partial charge in [-0.2, -0.15) is 0 Å². The topological polar surface area (TPSA) is 59.9 Å². The van der Waals surface area contributed by atoms with Crippen molar-refractivity contribution < 1.29 is 8.42 Å². The molecule has 0 aliphatic heterocycles. The van der Waals surface area contributed by atoms with Crippen molar-refractivity contribution in [1.29, 1.82) is 0 Å². The number of halogens is 1. The first-order chi connectivity index (χ1) is 7.99. The predicted octanol–water partition coefficient (Wildman–Crippen LogP) is 2.58. The molecule has 0 unspecified atom stereocenters. The van der Waals surface area contributed by atoms with Gasteiger partial charge in [-0.05, 0) is 35.0 Å². The first-order valence-corrected chi connectivity index (χ1v) is 8.06. The quantitative estimate of drug-likeness (QED) is 0.866. The fraction of sp³-hybridized carbons (Fsp3) is 0.200. The Morgan fingerprint density at radius 2 is 2.24 bits per heavy atom. The molecule has 4 nitrogen and oxygen atoms in total. The molecule has 0 radical (unpaired) electrons. The molecular formula is C10H9BrN2O2S2. The van der Waals surface area contributed by atoms with Gasteiger partial charge in [0.15, 0.2) is 0 Å². The maximum absolute atomic E-state index is 12.1. The molecule has 0 aromatic carbocycles. The van der Waals surface area contributed by atoms with Crippen molar-refractivity contribution in [3.8, 4) is 0 Å². The van der Waals surface area contributed by atoms with Gasteiger partial charge in [-0.15, -0.1) is 11.3 Å². The summed E-state index contributed by atoms with van der Waals surface area (Å²) in [6, 6.07) is 3.51. The van der Waals surface area contributed by atoms with Crippen molar-refractivity contribution in [2.24, 2.45) is 0 Å². The lowest BCUT2D eigenvalue weighted by Crippen LogP contribution is -2.06. The van der Waals surface area contributed by atoms with Crippen LogP contribution in [0.4, 0.5) is 0 Å². The highest BCUT2D eigenvalue weighted by atomic mass is 79.9. The Morgan fingerprint density at radius 1 is 1.47 bits per heavy atom. The van der Waals surface area contributed by atoms with Crippen molar-refractivity contribution >= 4 is 37.1 Å². The Labute approximate surface area is 112 Å². The van der Waals surface area contributed by atoms with Crippen molar-refractivity contribution in [3.05, 3.63) is 39.6 Å². The summed E-state index contributed by atoms with van der Waals surface area (Å²) >= 11 is 4.42. The second-order valence-electron chi connectivity index (χ2n) is 3.45. The van der Waals surface area contributed by atoms with Crippen LogP contribution in [-0.2, 0) is 15.6 Å². The minimum Gasteiger partial charge on any atom is -0.259 e. The summed E-state index contributed by atoms with van der Waals surface area (Å²) in [6.07, 6.45) is 1.57. The zero-order valence-corrected chi connectivity index (χ0v) is 12.1. The molecule has 0 saturated heterocycles. The highest BCUT2D eigenvalue weighted by Crippen LogP contribution is 2.22. The number of nitrogens with zero attached hydrogens (tertiary/aromatic N) is 2. The van der Waals surface area contributed by atoms with Gasteiger partial charge in [0.2, 0.25) is 14.2 Å². The molecule has 0 amide bonds. The zero-order valence-electron chi connectivity index (χ0n) is 8.92. The molecule has 0 fully saturated rings. The molecule has 2 aromatic rings. The molecule has 0 N–H and O–H groups in total. The molecule has 2 rings (SSSR count). The largest absolute Gasteiger partial charge is 0.259 e. The average molecular weight is 333 g/mol. The number of hydrogen-bond donors (Lipinski definition) is 0. The average Bonchev–Trinajstić information content (AvgIpc) is 2.69. The zero-order chi connectivity index (χ0) is 12.5. The van der Waals surface area contributed by atoms with Crippen LogP contribution < -0.4 is 0 Å². The lowest BCUT2D eigenvalue weighted by molar-refractivity contribution is 0.593. The third-order valence-electron chi connectivity index (χ3n) is 2.03. The van der Waals surface area contributed by atoms with Crippen LogP contribution in [0, 0.1) is 6.92 Å². The molecule has 2 aromatic heterocycles. The summed E-state index contributed by atoms with van der Waals surface area (Å²) in [6.45, 7) is 1.77. The minimum absolute atomic E-state index is 0.138. The Morgan fingerprint density at radius 3 is 2.82 bits per heavy atom. The van der Waals surface area contributed by atoms with E-state index in [0.29, 0.717) is 15.9 Å². The summed E-state index contributed by atoms with van der Waals surface area (Å²) in [5, 5.41) is 1.72. The molecule has 17 heavy (non-hydrogen) atoms. The Bertz CT molecular complexity index is 637. The Kier molecular flexibility index (Phi) is 3.60. The Hall–Kier alpha value is -0.790. The predicted molar refractivity (Wildman–Crippen MR) is 69.7 cm³/mol. The van der Waals surface area contributed by atoms with Gasteiger partial charge in [0.1, 0.15) is 5.75 Å². The van der Waals surface area contributed by atoms with Crippen molar-refractivity contribution in [3.63, 3.8) is 0 Å². The van der Waals surface area contributed by atoms with E-state index >= 15 is 0 Å². The molecule has 0 spiro atoms. The molecule has 2 heterocycles. The third kappa shape index (κ3) is 2.91. The monoisotopic (exact) mass is 332 g/mol. The van der Waals surface area contributed by atoms with Crippen LogP contribution in [-0.4, -0.2) is 18.4 Å². The van der Waals surface area contributed by atoms with Gasteiger partial charge in [0.25, 0.3) is 0 Å². The number of aryl methyl sites for hydroxylation is 1. The van der Waals surface area contributed by atoms with Gasteiger partial charge in [-0.25, -0.2) is 13.4 Å². The van der Waals surface area contributed by atoms with E-state index in [-0.39, 0.29) is 10.1 Å². The maximum atomic E-state index is 12.1. The second-order valence-corrected chi connectivity index (χ2v) is 7.32. The highest BCUT2D eigenvalue weighted by molar-refractivity contribution is 9.10. The van der Waals surface area contributed by atoms with Crippen molar-refractivity contribution in [2.45, 2.75) is 17.0 Å². The second kappa shape index (κ2) is 4.83. The first kappa shape index (κ1) is 12.7. The van der Waals surface area contributed by atoms with Gasteiger partial charge in [-0.1, -0.05) is 0 Å². The summed E-state index contributed by atoms with van der Waals surface area (Å²) in [4.78, 5) is 8.04. The molecular weight excluding hydrogens is 324 g/mol. The van der Waals surface area contributed by atoms with Gasteiger partial charge < -0.3 is 0 Å². The number of aromatic nitrogens is 2. The van der Waals surface area contributed by atoms with E-state index < -0.39 is 9.84 Å². The third-order valence-corrected chi connectivity index (χ3v) is 5.83. The van der Waals surface area contributed by atoms with E-state index in [9.17, 15) is 8.42 Å². The molecule has 7 heteroatoms. The van der Waals surface area contributed by atoms with E-state index in [2.05, 4.69) is 25.9 Å². The SMILES string of the molecule is Cc1csc(S(=O)(=O)Cc2ncccc2Br)n1. The molecule has 0 bridgehead atoms. The fourth-order valence-electron chi connectivity index (χ4n) is 1.24. The lowest BCUT2D eigenvalue weighted by Gasteiger charge is -2.02. The van der Waals surface area contributed by atoms with E-state index in [1.807, 2.05) is 0 Å². The van der Waals surface area contributed by atoms with Crippen LogP contribution >= 0.6 is 27.3 Å². The summed E-state index contributed by atoms with van der Waals surface area (Å²) in [5.41, 5.74) is 1.22. The smallest absolute Gasteiger partial charge is 0.211 e. The van der Waals surface area contributed by atoms with Crippen LogP contribution in [0.25, 0.3) is 0 Å². The summed E-state index contributed by atoms with van der Waals surface area (Å²) in [7, 11) is -3.40. The maximum Gasteiger partial charge on any atom is 0.211 e. The number of rotatable bonds is 3. The lowest BCUT2D eigenvalue weighted by atomic mass is 10.4. The molecule has 0 atom stereocenters. The summed E-state index contributed by atoms with van der Waals surface area (Å²) < 4.78 is 24.9. The normalized spacial score (nSPS) is 11.6. The van der Waals surface area contributed by atoms with Gasteiger partial charge in [0.05, 0.1) is 5.69 Å². The van der Waals surface area contributed by atoms with Crippen LogP contribution in [0.2, 0.25) is 0 Å². The van der Waals surface area contributed by atoms with Gasteiger partial charge in [-0.3, -0.25) is 4.98 Å². The van der Waals surface area contributed by atoms with E-state index in [0.717, 1.165) is 11.3 Å². The van der Waals surface area contributed by atoms with Crippen molar-refractivity contribution in [2.75, 3.05) is 0 Å². The highest BCUT2D eigenvalue weighted by Gasteiger charge is 2.20. The van der Waals surface area contributed by atoms with E-state index in [1.54, 1.807) is 30.6 Å². The van der Waals surface area contributed by atoms with Crippen LogP contribution in [0.1, 0.15) is 11.4 Å². The van der Waals surface area contributed by atoms with Crippen LogP contribution in [0.5, 0.6) is 0 Å². The van der Waals surface area contributed by atoms with Crippen molar-refractivity contribution in [1.82, 2.24) is 9.97 Å². The molecule has 0 saturated carbocycles.